The number of hydrogen-bond donors (Lipinski definition) is 1. The van der Waals surface area contributed by atoms with Crippen LogP contribution in [0.3, 0.4) is 0 Å². The summed E-state index contributed by atoms with van der Waals surface area (Å²) in [5, 5.41) is 11.6. The molecule has 114 valence electrons. The molecule has 2 rings (SSSR count). The van der Waals surface area contributed by atoms with Crippen LogP contribution in [0.4, 0.5) is 0 Å². The Hall–Kier alpha value is -1.88. The summed E-state index contributed by atoms with van der Waals surface area (Å²) < 4.78 is 10.8. The minimum absolute atomic E-state index is 0.512. The minimum atomic E-state index is 0.512. The van der Waals surface area contributed by atoms with Gasteiger partial charge in [-0.3, -0.25) is 0 Å². The number of methoxy groups -OCH3 is 1. The first-order valence-corrected chi connectivity index (χ1v) is 7.35. The van der Waals surface area contributed by atoms with Gasteiger partial charge < -0.3 is 14.5 Å². The minimum Gasteiger partial charge on any atom is -0.497 e. The predicted molar refractivity (Wildman–Crippen MR) is 81.6 cm³/mol. The third kappa shape index (κ3) is 5.19. The van der Waals surface area contributed by atoms with Crippen molar-refractivity contribution in [1.29, 1.82) is 0 Å². The van der Waals surface area contributed by atoms with E-state index in [1.54, 1.807) is 7.11 Å². The molecule has 0 amide bonds. The Bertz CT molecular complexity index is 535. The van der Waals surface area contributed by atoms with E-state index in [1.807, 2.05) is 24.3 Å². The fourth-order valence-corrected chi connectivity index (χ4v) is 2.01. The van der Waals surface area contributed by atoms with Crippen LogP contribution >= 0.6 is 0 Å². The fraction of sp³-hybridized carbons (Fsp3) is 0.500. The molecule has 0 unspecified atom stereocenters. The van der Waals surface area contributed by atoms with E-state index in [1.165, 1.54) is 0 Å². The van der Waals surface area contributed by atoms with Gasteiger partial charge in [0.2, 0.25) is 11.8 Å². The van der Waals surface area contributed by atoms with Crippen molar-refractivity contribution in [3.63, 3.8) is 0 Å². The number of benzene rings is 1. The lowest BCUT2D eigenvalue weighted by Crippen LogP contribution is -2.23. The first kappa shape index (κ1) is 15.5. The molecule has 1 heterocycles. The molecule has 1 aromatic carbocycles. The summed E-state index contributed by atoms with van der Waals surface area (Å²) in [5.41, 5.74) is 1.13. The molecular formula is C16H23N3O2. The maximum absolute atomic E-state index is 5.67. The SMILES string of the molecule is COc1ccc(Cc2nnc(CCCNC(C)C)o2)cc1. The number of nitrogens with zero attached hydrogens (tertiary/aromatic N) is 2. The highest BCUT2D eigenvalue weighted by atomic mass is 16.5. The van der Waals surface area contributed by atoms with E-state index in [4.69, 9.17) is 9.15 Å². The van der Waals surface area contributed by atoms with E-state index in [9.17, 15) is 0 Å². The lowest BCUT2D eigenvalue weighted by Gasteiger charge is -2.05. The molecule has 21 heavy (non-hydrogen) atoms. The Labute approximate surface area is 125 Å². The van der Waals surface area contributed by atoms with Crippen molar-refractivity contribution in [3.8, 4) is 5.75 Å². The van der Waals surface area contributed by atoms with Crippen LogP contribution in [0.5, 0.6) is 5.75 Å². The number of ether oxygens (including phenoxy) is 1. The van der Waals surface area contributed by atoms with Crippen molar-refractivity contribution >= 4 is 0 Å². The van der Waals surface area contributed by atoms with Gasteiger partial charge in [0.25, 0.3) is 0 Å². The fourth-order valence-electron chi connectivity index (χ4n) is 2.01. The molecule has 0 atom stereocenters. The second-order valence-electron chi connectivity index (χ2n) is 5.33. The Balaban J connectivity index is 1.81. The molecule has 2 aromatic rings. The molecule has 1 N–H and O–H groups in total. The first-order chi connectivity index (χ1) is 10.2. The van der Waals surface area contributed by atoms with Gasteiger partial charge in [-0.25, -0.2) is 0 Å². The van der Waals surface area contributed by atoms with Crippen LogP contribution in [0.2, 0.25) is 0 Å². The van der Waals surface area contributed by atoms with E-state index < -0.39 is 0 Å². The number of nitrogens with one attached hydrogen (secondary N) is 1. The molecule has 0 aliphatic carbocycles. The molecule has 0 saturated heterocycles. The standard InChI is InChI=1S/C16H23N3O2/c1-12(2)17-10-4-5-15-18-19-16(21-15)11-13-6-8-14(20-3)9-7-13/h6-9,12,17H,4-5,10-11H2,1-3H3. The molecule has 1 aromatic heterocycles. The zero-order chi connectivity index (χ0) is 15.1. The van der Waals surface area contributed by atoms with Gasteiger partial charge in [0.1, 0.15) is 5.75 Å². The highest BCUT2D eigenvalue weighted by molar-refractivity contribution is 5.28. The van der Waals surface area contributed by atoms with Gasteiger partial charge in [0, 0.05) is 12.5 Å². The van der Waals surface area contributed by atoms with E-state index in [2.05, 4.69) is 29.4 Å². The number of hydrogen-bond acceptors (Lipinski definition) is 5. The van der Waals surface area contributed by atoms with Gasteiger partial charge in [-0.15, -0.1) is 10.2 Å². The van der Waals surface area contributed by atoms with Crippen molar-refractivity contribution in [2.24, 2.45) is 0 Å². The Morgan fingerprint density at radius 3 is 2.52 bits per heavy atom. The van der Waals surface area contributed by atoms with E-state index in [-0.39, 0.29) is 0 Å². The van der Waals surface area contributed by atoms with E-state index >= 15 is 0 Å². The molecule has 0 saturated carbocycles. The summed E-state index contributed by atoms with van der Waals surface area (Å²) in [6, 6.07) is 8.40. The summed E-state index contributed by atoms with van der Waals surface area (Å²) in [6.07, 6.45) is 2.47. The Morgan fingerprint density at radius 2 is 1.86 bits per heavy atom. The van der Waals surface area contributed by atoms with Gasteiger partial charge in [0.15, 0.2) is 0 Å². The summed E-state index contributed by atoms with van der Waals surface area (Å²) >= 11 is 0. The molecule has 0 fully saturated rings. The largest absolute Gasteiger partial charge is 0.497 e. The van der Waals surface area contributed by atoms with E-state index in [0.717, 1.165) is 30.7 Å². The van der Waals surface area contributed by atoms with Crippen LogP contribution in [-0.4, -0.2) is 29.9 Å². The maximum atomic E-state index is 5.67. The second kappa shape index (κ2) is 7.78. The Kier molecular flexibility index (Phi) is 5.75. The summed E-state index contributed by atoms with van der Waals surface area (Å²) in [5.74, 6) is 2.22. The van der Waals surface area contributed by atoms with Crippen LogP contribution in [-0.2, 0) is 12.8 Å². The zero-order valence-electron chi connectivity index (χ0n) is 12.9. The molecule has 0 spiro atoms. The van der Waals surface area contributed by atoms with Crippen molar-refractivity contribution in [1.82, 2.24) is 15.5 Å². The summed E-state index contributed by atoms with van der Waals surface area (Å²) in [6.45, 7) is 5.24. The highest BCUT2D eigenvalue weighted by Crippen LogP contribution is 2.14. The van der Waals surface area contributed by atoms with E-state index in [0.29, 0.717) is 24.2 Å². The predicted octanol–water partition coefficient (Wildman–Crippen LogP) is 2.60. The highest BCUT2D eigenvalue weighted by Gasteiger charge is 2.07. The molecular weight excluding hydrogens is 266 g/mol. The monoisotopic (exact) mass is 289 g/mol. The number of aryl methyl sites for hydroxylation is 1. The average molecular weight is 289 g/mol. The summed E-state index contributed by atoms with van der Waals surface area (Å²) in [7, 11) is 1.66. The van der Waals surface area contributed by atoms with Gasteiger partial charge >= 0.3 is 0 Å². The normalized spacial score (nSPS) is 11.0. The topological polar surface area (TPSA) is 60.2 Å². The molecule has 0 aliphatic heterocycles. The van der Waals surface area contributed by atoms with Crippen molar-refractivity contribution < 1.29 is 9.15 Å². The van der Waals surface area contributed by atoms with Gasteiger partial charge in [-0.05, 0) is 30.7 Å². The van der Waals surface area contributed by atoms with Crippen LogP contribution in [0.25, 0.3) is 0 Å². The quantitative estimate of drug-likeness (QED) is 0.757. The molecule has 5 heteroatoms. The average Bonchev–Trinajstić information content (AvgIpc) is 2.92. The second-order valence-corrected chi connectivity index (χ2v) is 5.33. The van der Waals surface area contributed by atoms with Crippen LogP contribution in [0.1, 0.15) is 37.6 Å². The Morgan fingerprint density at radius 1 is 1.14 bits per heavy atom. The van der Waals surface area contributed by atoms with Crippen molar-refractivity contribution in [2.45, 2.75) is 39.2 Å². The lowest BCUT2D eigenvalue weighted by molar-refractivity contribution is 0.414. The number of rotatable bonds is 8. The van der Waals surface area contributed by atoms with Crippen molar-refractivity contribution in [2.75, 3.05) is 13.7 Å². The molecule has 0 bridgehead atoms. The van der Waals surface area contributed by atoms with Crippen LogP contribution in [0, 0.1) is 0 Å². The number of aromatic nitrogens is 2. The van der Waals surface area contributed by atoms with Crippen LogP contribution < -0.4 is 10.1 Å². The third-order valence-electron chi connectivity index (χ3n) is 3.14. The van der Waals surface area contributed by atoms with Crippen molar-refractivity contribution in [3.05, 3.63) is 41.6 Å². The van der Waals surface area contributed by atoms with Gasteiger partial charge in [-0.1, -0.05) is 26.0 Å². The molecule has 0 aliphatic rings. The molecule has 0 radical (unpaired) electrons. The van der Waals surface area contributed by atoms with Gasteiger partial charge in [-0.2, -0.15) is 0 Å². The third-order valence-corrected chi connectivity index (χ3v) is 3.14. The maximum Gasteiger partial charge on any atom is 0.220 e. The smallest absolute Gasteiger partial charge is 0.220 e. The first-order valence-electron chi connectivity index (χ1n) is 7.35. The van der Waals surface area contributed by atoms with Crippen LogP contribution in [0.15, 0.2) is 28.7 Å². The molecule has 5 nitrogen and oxygen atoms in total. The lowest BCUT2D eigenvalue weighted by atomic mass is 10.1. The summed E-state index contributed by atoms with van der Waals surface area (Å²) in [4.78, 5) is 0. The van der Waals surface area contributed by atoms with Gasteiger partial charge in [0.05, 0.1) is 13.5 Å². The zero-order valence-corrected chi connectivity index (χ0v) is 12.9.